The quantitative estimate of drug-likeness (QED) is 0.597. The Hall–Kier alpha value is -2.16. The molecule has 0 unspecified atom stereocenters. The zero-order chi connectivity index (χ0) is 15.0. The summed E-state index contributed by atoms with van der Waals surface area (Å²) in [5.74, 6) is 0.494. The fourth-order valence-electron chi connectivity index (χ4n) is 3.00. The van der Waals surface area contributed by atoms with Crippen molar-refractivity contribution < 1.29 is 4.84 Å². The van der Waals surface area contributed by atoms with Gasteiger partial charge in [0.2, 0.25) is 0 Å². The van der Waals surface area contributed by atoms with Gasteiger partial charge in [-0.05, 0) is 30.5 Å². The van der Waals surface area contributed by atoms with Crippen molar-refractivity contribution in [3.8, 4) is 0 Å². The van der Waals surface area contributed by atoms with E-state index in [-0.39, 0.29) is 0 Å². The maximum absolute atomic E-state index is 5.65. The SMILES string of the molecule is c1ccc(CON=C(c2cccnc2)C2CCCCC2)cc1. The lowest BCUT2D eigenvalue weighted by molar-refractivity contribution is 0.128. The average molecular weight is 294 g/mol. The van der Waals surface area contributed by atoms with Gasteiger partial charge < -0.3 is 4.84 Å². The lowest BCUT2D eigenvalue weighted by Crippen LogP contribution is -2.19. The zero-order valence-electron chi connectivity index (χ0n) is 12.8. The second-order valence-electron chi connectivity index (χ2n) is 5.81. The fraction of sp³-hybridized carbons (Fsp3) is 0.368. The van der Waals surface area contributed by atoms with E-state index in [1.165, 1.54) is 32.1 Å². The van der Waals surface area contributed by atoms with Gasteiger partial charge in [0, 0.05) is 23.9 Å². The highest BCUT2D eigenvalue weighted by atomic mass is 16.6. The first kappa shape index (κ1) is 14.8. The number of rotatable bonds is 5. The standard InChI is InChI=1S/C19H22N2O/c1-3-8-16(9-4-1)15-22-21-19(17-10-5-2-6-11-17)18-12-7-13-20-14-18/h1,3-4,7-9,12-14,17H,2,5-6,10-11,15H2. The van der Waals surface area contributed by atoms with E-state index in [4.69, 9.17) is 4.84 Å². The van der Waals surface area contributed by atoms with Crippen LogP contribution in [0.3, 0.4) is 0 Å². The van der Waals surface area contributed by atoms with Gasteiger partial charge in [-0.25, -0.2) is 0 Å². The van der Waals surface area contributed by atoms with Crippen molar-refractivity contribution in [2.24, 2.45) is 11.1 Å². The van der Waals surface area contributed by atoms with Crippen molar-refractivity contribution >= 4 is 5.71 Å². The summed E-state index contributed by atoms with van der Waals surface area (Å²) < 4.78 is 0. The maximum atomic E-state index is 5.65. The van der Waals surface area contributed by atoms with E-state index >= 15 is 0 Å². The van der Waals surface area contributed by atoms with Crippen molar-refractivity contribution in [1.82, 2.24) is 4.98 Å². The van der Waals surface area contributed by atoms with Crippen LogP contribution in [-0.4, -0.2) is 10.7 Å². The number of oxime groups is 1. The van der Waals surface area contributed by atoms with Crippen molar-refractivity contribution in [2.75, 3.05) is 0 Å². The molecule has 3 rings (SSSR count). The van der Waals surface area contributed by atoms with Gasteiger partial charge in [0.25, 0.3) is 0 Å². The number of pyridine rings is 1. The van der Waals surface area contributed by atoms with Gasteiger partial charge in [0.1, 0.15) is 6.61 Å². The second-order valence-corrected chi connectivity index (χ2v) is 5.81. The number of benzene rings is 1. The minimum atomic E-state index is 0.494. The van der Waals surface area contributed by atoms with Gasteiger partial charge in [-0.3, -0.25) is 4.98 Å². The van der Waals surface area contributed by atoms with Crippen LogP contribution < -0.4 is 0 Å². The van der Waals surface area contributed by atoms with Crippen LogP contribution >= 0.6 is 0 Å². The Morgan fingerprint density at radius 2 is 1.86 bits per heavy atom. The predicted octanol–water partition coefficient (Wildman–Crippen LogP) is 4.58. The first-order valence-electron chi connectivity index (χ1n) is 8.07. The number of hydrogen-bond donors (Lipinski definition) is 0. The molecule has 0 aliphatic heterocycles. The minimum absolute atomic E-state index is 0.494. The largest absolute Gasteiger partial charge is 0.391 e. The highest BCUT2D eigenvalue weighted by Gasteiger charge is 2.21. The molecule has 1 aliphatic carbocycles. The molecular weight excluding hydrogens is 272 g/mol. The summed E-state index contributed by atoms with van der Waals surface area (Å²) in [5, 5.41) is 4.49. The fourth-order valence-corrected chi connectivity index (χ4v) is 3.00. The third-order valence-electron chi connectivity index (χ3n) is 4.19. The van der Waals surface area contributed by atoms with Gasteiger partial charge >= 0.3 is 0 Å². The lowest BCUT2D eigenvalue weighted by Gasteiger charge is -2.23. The van der Waals surface area contributed by atoms with Gasteiger partial charge in [-0.2, -0.15) is 0 Å². The van der Waals surface area contributed by atoms with E-state index in [2.05, 4.69) is 28.3 Å². The van der Waals surface area contributed by atoms with E-state index in [9.17, 15) is 0 Å². The topological polar surface area (TPSA) is 34.5 Å². The first-order valence-corrected chi connectivity index (χ1v) is 8.07. The molecule has 0 spiro atoms. The third-order valence-corrected chi connectivity index (χ3v) is 4.19. The zero-order valence-corrected chi connectivity index (χ0v) is 12.8. The smallest absolute Gasteiger partial charge is 0.142 e. The second kappa shape index (κ2) is 7.74. The molecule has 0 radical (unpaired) electrons. The number of hydrogen-bond acceptors (Lipinski definition) is 3. The molecule has 3 heteroatoms. The molecule has 1 fully saturated rings. The molecule has 2 aromatic rings. The number of nitrogens with zero attached hydrogens (tertiary/aromatic N) is 2. The molecule has 1 aliphatic rings. The van der Waals surface area contributed by atoms with Crippen LogP contribution in [0.1, 0.15) is 43.2 Å². The van der Waals surface area contributed by atoms with Gasteiger partial charge in [-0.15, -0.1) is 0 Å². The molecule has 22 heavy (non-hydrogen) atoms. The summed E-state index contributed by atoms with van der Waals surface area (Å²) in [7, 11) is 0. The Labute approximate surface area is 132 Å². The molecule has 1 aromatic heterocycles. The molecule has 1 aromatic carbocycles. The Balaban J connectivity index is 1.74. The van der Waals surface area contributed by atoms with E-state index in [0.717, 1.165) is 16.8 Å². The van der Waals surface area contributed by atoms with Crippen LogP contribution in [0.5, 0.6) is 0 Å². The normalized spacial score (nSPS) is 16.5. The van der Waals surface area contributed by atoms with Gasteiger partial charge in [0.15, 0.2) is 0 Å². The summed E-state index contributed by atoms with van der Waals surface area (Å²) in [6.07, 6.45) is 9.98. The van der Waals surface area contributed by atoms with Crippen LogP contribution in [0.15, 0.2) is 60.0 Å². The Morgan fingerprint density at radius 1 is 1.05 bits per heavy atom. The molecular formula is C19H22N2O. The minimum Gasteiger partial charge on any atom is -0.391 e. The van der Waals surface area contributed by atoms with E-state index in [1.807, 2.05) is 30.5 Å². The van der Waals surface area contributed by atoms with Crippen LogP contribution in [0.2, 0.25) is 0 Å². The molecule has 1 saturated carbocycles. The Bertz CT molecular complexity index is 589. The Morgan fingerprint density at radius 3 is 2.59 bits per heavy atom. The molecule has 1 heterocycles. The third kappa shape index (κ3) is 3.94. The molecule has 0 N–H and O–H groups in total. The first-order chi connectivity index (χ1) is 10.9. The highest BCUT2D eigenvalue weighted by molar-refractivity contribution is 6.01. The monoisotopic (exact) mass is 294 g/mol. The van der Waals surface area contributed by atoms with E-state index in [1.54, 1.807) is 6.20 Å². The van der Waals surface area contributed by atoms with Crippen LogP contribution in [0, 0.1) is 5.92 Å². The predicted molar refractivity (Wildman–Crippen MR) is 88.6 cm³/mol. The summed E-state index contributed by atoms with van der Waals surface area (Å²) in [5.41, 5.74) is 3.28. The van der Waals surface area contributed by atoms with E-state index in [0.29, 0.717) is 12.5 Å². The molecule has 114 valence electrons. The lowest BCUT2D eigenvalue weighted by atomic mass is 9.84. The van der Waals surface area contributed by atoms with E-state index < -0.39 is 0 Å². The summed E-state index contributed by atoms with van der Waals surface area (Å²) in [6.45, 7) is 0.511. The summed E-state index contributed by atoms with van der Waals surface area (Å²) in [6, 6.07) is 14.2. The Kier molecular flexibility index (Phi) is 5.19. The molecule has 0 amide bonds. The number of aromatic nitrogens is 1. The van der Waals surface area contributed by atoms with Crippen molar-refractivity contribution in [1.29, 1.82) is 0 Å². The van der Waals surface area contributed by atoms with Gasteiger partial charge in [-0.1, -0.05) is 54.8 Å². The van der Waals surface area contributed by atoms with Crippen molar-refractivity contribution in [3.05, 3.63) is 66.0 Å². The molecule has 0 atom stereocenters. The highest BCUT2D eigenvalue weighted by Crippen LogP contribution is 2.27. The van der Waals surface area contributed by atoms with Crippen LogP contribution in [-0.2, 0) is 11.4 Å². The van der Waals surface area contributed by atoms with Crippen molar-refractivity contribution in [2.45, 2.75) is 38.7 Å². The maximum Gasteiger partial charge on any atom is 0.142 e. The molecule has 0 bridgehead atoms. The summed E-state index contributed by atoms with van der Waals surface area (Å²) in [4.78, 5) is 9.88. The average Bonchev–Trinajstić information content (AvgIpc) is 2.61. The summed E-state index contributed by atoms with van der Waals surface area (Å²) >= 11 is 0. The van der Waals surface area contributed by atoms with Crippen molar-refractivity contribution in [3.63, 3.8) is 0 Å². The molecule has 3 nitrogen and oxygen atoms in total. The van der Waals surface area contributed by atoms with Crippen LogP contribution in [0.4, 0.5) is 0 Å². The van der Waals surface area contributed by atoms with Crippen LogP contribution in [0.25, 0.3) is 0 Å². The van der Waals surface area contributed by atoms with Gasteiger partial charge in [0.05, 0.1) is 5.71 Å². The molecule has 0 saturated heterocycles.